The maximum atomic E-state index is 12.9. The maximum absolute atomic E-state index is 12.9. The Balaban J connectivity index is 2.22. The van der Waals surface area contributed by atoms with Crippen molar-refractivity contribution in [2.24, 2.45) is 0 Å². The van der Waals surface area contributed by atoms with E-state index in [4.69, 9.17) is 4.74 Å². The van der Waals surface area contributed by atoms with Crippen molar-refractivity contribution < 1.29 is 24.0 Å². The number of carbonyl (C=O) groups is 3. The van der Waals surface area contributed by atoms with Gasteiger partial charge in [0.15, 0.2) is 5.78 Å². The van der Waals surface area contributed by atoms with Crippen molar-refractivity contribution in [2.75, 3.05) is 19.7 Å². The molecule has 0 fully saturated rings. The topological polar surface area (TPSA) is 123 Å². The number of amides is 1. The number of H-pyrrole nitrogens is 1. The van der Waals surface area contributed by atoms with Gasteiger partial charge in [0.25, 0.3) is 11.6 Å². The Hall–Kier alpha value is -3.49. The van der Waals surface area contributed by atoms with E-state index < -0.39 is 16.8 Å². The van der Waals surface area contributed by atoms with Gasteiger partial charge >= 0.3 is 5.97 Å². The predicted molar refractivity (Wildman–Crippen MR) is 105 cm³/mol. The molecule has 0 aliphatic carbocycles. The van der Waals surface area contributed by atoms with Crippen LogP contribution in [0.25, 0.3) is 0 Å². The number of ketones is 1. The summed E-state index contributed by atoms with van der Waals surface area (Å²) in [5.41, 5.74) is 1.70. The minimum absolute atomic E-state index is 0.120. The molecule has 1 heterocycles. The molecule has 9 heteroatoms. The number of likely N-dealkylation sites (N-methyl/N-ethyl adjacent to an activating group) is 1. The molecule has 1 amide bonds. The summed E-state index contributed by atoms with van der Waals surface area (Å²) in [4.78, 5) is 52.1. The number of rotatable bonds is 8. The van der Waals surface area contributed by atoms with Gasteiger partial charge in [0.1, 0.15) is 5.69 Å². The number of ether oxygens (including phenoxy) is 1. The smallest absolute Gasteiger partial charge is 0.355 e. The molecule has 0 aliphatic heterocycles. The summed E-state index contributed by atoms with van der Waals surface area (Å²) in [7, 11) is 0. The second kappa shape index (κ2) is 9.13. The van der Waals surface area contributed by atoms with Crippen LogP contribution in [-0.4, -0.2) is 52.2 Å². The summed E-state index contributed by atoms with van der Waals surface area (Å²) >= 11 is 0. The van der Waals surface area contributed by atoms with Crippen molar-refractivity contribution in [2.45, 2.75) is 27.7 Å². The number of nitro groups is 1. The number of Topliss-reactive ketones (excluding diaryl/α,β-unsaturated/α-hetero) is 1. The van der Waals surface area contributed by atoms with Crippen molar-refractivity contribution in [3.63, 3.8) is 0 Å². The zero-order valence-electron chi connectivity index (χ0n) is 16.8. The number of aromatic nitrogens is 1. The van der Waals surface area contributed by atoms with Crippen molar-refractivity contribution in [3.05, 3.63) is 62.5 Å². The highest BCUT2D eigenvalue weighted by Crippen LogP contribution is 2.20. The van der Waals surface area contributed by atoms with Gasteiger partial charge in [-0.2, -0.15) is 0 Å². The van der Waals surface area contributed by atoms with Crippen LogP contribution in [0.2, 0.25) is 0 Å². The van der Waals surface area contributed by atoms with Crippen molar-refractivity contribution in [3.8, 4) is 0 Å². The Bertz CT molecular complexity index is 946. The molecule has 154 valence electrons. The van der Waals surface area contributed by atoms with Gasteiger partial charge in [0.2, 0.25) is 0 Å². The van der Waals surface area contributed by atoms with Crippen LogP contribution in [0.15, 0.2) is 24.3 Å². The average molecular weight is 401 g/mol. The molecule has 0 bridgehead atoms. The second-order valence-electron chi connectivity index (χ2n) is 6.39. The molecule has 1 aromatic carbocycles. The number of hydrogen-bond donors (Lipinski definition) is 1. The summed E-state index contributed by atoms with van der Waals surface area (Å²) in [6.07, 6.45) is 0. The van der Waals surface area contributed by atoms with E-state index in [0.29, 0.717) is 16.8 Å². The molecule has 2 rings (SSSR count). The highest BCUT2D eigenvalue weighted by atomic mass is 16.6. The number of non-ortho nitro benzene ring substituents is 1. The van der Waals surface area contributed by atoms with E-state index >= 15 is 0 Å². The molecule has 0 spiro atoms. The minimum atomic E-state index is -0.548. The average Bonchev–Trinajstić information content (AvgIpc) is 3.00. The summed E-state index contributed by atoms with van der Waals surface area (Å²) in [6, 6.07) is 5.21. The van der Waals surface area contributed by atoms with E-state index in [-0.39, 0.29) is 42.4 Å². The quantitative estimate of drug-likeness (QED) is 0.314. The van der Waals surface area contributed by atoms with Crippen molar-refractivity contribution >= 4 is 23.3 Å². The molecular formula is C20H23N3O6. The van der Waals surface area contributed by atoms with Crippen LogP contribution in [0, 0.1) is 24.0 Å². The Kier molecular flexibility index (Phi) is 6.87. The molecule has 2 aromatic rings. The monoisotopic (exact) mass is 401 g/mol. The summed E-state index contributed by atoms with van der Waals surface area (Å²) in [5, 5.41) is 10.8. The SMILES string of the molecule is CCOC(=O)c1[nH]c(C)c(C(=O)CN(CC)C(=O)c2ccc([N+](=O)[O-])cc2)c1C. The summed E-state index contributed by atoms with van der Waals surface area (Å²) < 4.78 is 4.99. The third-order valence-corrected chi connectivity index (χ3v) is 4.52. The molecule has 0 saturated carbocycles. The van der Waals surface area contributed by atoms with Gasteiger partial charge in [0.05, 0.1) is 18.1 Å². The summed E-state index contributed by atoms with van der Waals surface area (Å²) in [6.45, 7) is 7.06. The van der Waals surface area contributed by atoms with Gasteiger partial charge in [-0.25, -0.2) is 4.79 Å². The zero-order chi connectivity index (χ0) is 21.7. The number of aryl methyl sites for hydroxylation is 1. The lowest BCUT2D eigenvalue weighted by atomic mass is 10.0. The third kappa shape index (κ3) is 4.68. The number of nitrogens with zero attached hydrogens (tertiary/aromatic N) is 2. The Labute approximate surface area is 167 Å². The van der Waals surface area contributed by atoms with Crippen LogP contribution < -0.4 is 0 Å². The van der Waals surface area contributed by atoms with Crippen molar-refractivity contribution in [1.82, 2.24) is 9.88 Å². The van der Waals surface area contributed by atoms with Gasteiger partial charge in [-0.05, 0) is 45.4 Å². The molecule has 0 radical (unpaired) electrons. The number of esters is 1. The second-order valence-corrected chi connectivity index (χ2v) is 6.39. The molecular weight excluding hydrogens is 378 g/mol. The fraction of sp³-hybridized carbons (Fsp3) is 0.350. The third-order valence-electron chi connectivity index (χ3n) is 4.52. The van der Waals surface area contributed by atoms with E-state index in [9.17, 15) is 24.5 Å². The van der Waals surface area contributed by atoms with Crippen molar-refractivity contribution in [1.29, 1.82) is 0 Å². The highest BCUT2D eigenvalue weighted by Gasteiger charge is 2.25. The minimum Gasteiger partial charge on any atom is -0.461 e. The Morgan fingerprint density at radius 1 is 1.14 bits per heavy atom. The molecule has 0 saturated heterocycles. The fourth-order valence-corrected chi connectivity index (χ4v) is 3.06. The predicted octanol–water partition coefficient (Wildman–Crippen LogP) is 3.06. The molecule has 0 aliphatic rings. The lowest BCUT2D eigenvalue weighted by Crippen LogP contribution is -2.35. The highest BCUT2D eigenvalue weighted by molar-refractivity contribution is 6.05. The van der Waals surface area contributed by atoms with E-state index in [1.54, 1.807) is 27.7 Å². The molecule has 0 unspecified atom stereocenters. The van der Waals surface area contributed by atoms with Gasteiger partial charge in [-0.3, -0.25) is 19.7 Å². The lowest BCUT2D eigenvalue weighted by Gasteiger charge is -2.20. The maximum Gasteiger partial charge on any atom is 0.355 e. The van der Waals surface area contributed by atoms with Gasteiger partial charge in [-0.1, -0.05) is 0 Å². The largest absolute Gasteiger partial charge is 0.461 e. The number of aromatic amines is 1. The van der Waals surface area contributed by atoms with Crippen LogP contribution in [0.1, 0.15) is 56.3 Å². The number of carbonyl (C=O) groups excluding carboxylic acids is 3. The standard InChI is InChI=1S/C20H23N3O6/c1-5-22(19(25)14-7-9-15(10-8-14)23(27)28)11-16(24)17-12(3)18(21-13(17)4)20(26)29-6-2/h7-10,21H,5-6,11H2,1-4H3. The number of nitro benzene ring substituents is 1. The first-order chi connectivity index (χ1) is 13.7. The van der Waals surface area contributed by atoms with Crippen LogP contribution in [0.5, 0.6) is 0 Å². The van der Waals surface area contributed by atoms with Crippen LogP contribution >= 0.6 is 0 Å². The number of hydrogen-bond acceptors (Lipinski definition) is 6. The zero-order valence-corrected chi connectivity index (χ0v) is 16.8. The number of nitrogens with one attached hydrogen (secondary N) is 1. The molecule has 9 nitrogen and oxygen atoms in total. The first-order valence-corrected chi connectivity index (χ1v) is 9.14. The Morgan fingerprint density at radius 3 is 2.28 bits per heavy atom. The fourth-order valence-electron chi connectivity index (χ4n) is 3.06. The van der Waals surface area contributed by atoms with Gasteiger partial charge in [-0.15, -0.1) is 0 Å². The first-order valence-electron chi connectivity index (χ1n) is 9.14. The first kappa shape index (κ1) is 21.8. The van der Waals surface area contributed by atoms with E-state index in [2.05, 4.69) is 4.98 Å². The summed E-state index contributed by atoms with van der Waals surface area (Å²) in [5.74, 6) is -1.27. The molecule has 1 aromatic heterocycles. The number of benzene rings is 1. The van der Waals surface area contributed by atoms with Crippen LogP contribution in [0.4, 0.5) is 5.69 Å². The normalized spacial score (nSPS) is 10.5. The van der Waals surface area contributed by atoms with Gasteiger partial charge in [0, 0.05) is 35.5 Å². The van der Waals surface area contributed by atoms with Gasteiger partial charge < -0.3 is 14.6 Å². The van der Waals surface area contributed by atoms with E-state index in [1.165, 1.54) is 29.2 Å². The van der Waals surface area contributed by atoms with E-state index in [0.717, 1.165) is 0 Å². The lowest BCUT2D eigenvalue weighted by molar-refractivity contribution is -0.384. The van der Waals surface area contributed by atoms with Crippen LogP contribution in [0.3, 0.4) is 0 Å². The van der Waals surface area contributed by atoms with E-state index in [1.807, 2.05) is 0 Å². The Morgan fingerprint density at radius 2 is 1.76 bits per heavy atom. The molecule has 1 N–H and O–H groups in total. The molecule has 29 heavy (non-hydrogen) atoms. The molecule has 0 atom stereocenters. The van der Waals surface area contributed by atoms with Crippen LogP contribution in [-0.2, 0) is 4.74 Å².